The number of carbonyl (C=O) groups is 2. The molecule has 0 bridgehead atoms. The standard InChI is InChI=1S/C17H15N3O3S/c18-15(21)14(16(22)19-11-24)17(23)20(12-7-3-1-4-8-12)13-9-5-2-6-10-13/h1-11,23H,(H2,18,21)(H,19,22,24)/b17-14+. The van der Waals surface area contributed by atoms with Gasteiger partial charge in [0, 0.05) is 11.4 Å². The van der Waals surface area contributed by atoms with Crippen LogP contribution in [0.15, 0.2) is 72.1 Å². The van der Waals surface area contributed by atoms with Crippen LogP contribution >= 0.6 is 12.2 Å². The normalized spacial score (nSPS) is 11.2. The predicted octanol–water partition coefficient (Wildman–Crippen LogP) is 2.15. The number of amides is 2. The molecule has 0 radical (unpaired) electrons. The first-order valence-corrected chi connectivity index (χ1v) is 7.41. The second-order valence-electron chi connectivity index (χ2n) is 4.66. The van der Waals surface area contributed by atoms with Crippen molar-refractivity contribution in [3.63, 3.8) is 0 Å². The molecule has 0 aromatic heterocycles. The van der Waals surface area contributed by atoms with Crippen molar-refractivity contribution in [2.24, 2.45) is 5.73 Å². The first kappa shape index (κ1) is 17.2. The van der Waals surface area contributed by atoms with E-state index in [0.29, 0.717) is 11.4 Å². The number of benzene rings is 2. The summed E-state index contributed by atoms with van der Waals surface area (Å²) < 4.78 is 0. The summed E-state index contributed by atoms with van der Waals surface area (Å²) in [6.45, 7) is 0. The number of aliphatic hydroxyl groups is 1. The number of para-hydroxylation sites is 2. The number of hydrogen-bond donors (Lipinski definition) is 3. The van der Waals surface area contributed by atoms with Gasteiger partial charge in [-0.25, -0.2) is 0 Å². The third-order valence-electron chi connectivity index (χ3n) is 3.13. The minimum absolute atomic E-state index is 0.551. The summed E-state index contributed by atoms with van der Waals surface area (Å²) in [5.74, 6) is -2.54. The highest BCUT2D eigenvalue weighted by atomic mass is 32.1. The molecule has 0 aliphatic heterocycles. The Balaban J connectivity index is 2.65. The number of rotatable bonds is 6. The van der Waals surface area contributed by atoms with Crippen LogP contribution in [0.1, 0.15) is 0 Å². The Hall–Kier alpha value is -3.19. The Morgan fingerprint density at radius 3 is 1.83 bits per heavy atom. The second kappa shape index (κ2) is 7.89. The van der Waals surface area contributed by atoms with E-state index < -0.39 is 23.3 Å². The lowest BCUT2D eigenvalue weighted by Crippen LogP contribution is -2.34. The summed E-state index contributed by atoms with van der Waals surface area (Å²) >= 11 is 4.55. The minimum Gasteiger partial charge on any atom is -0.493 e. The Morgan fingerprint density at radius 2 is 1.46 bits per heavy atom. The van der Waals surface area contributed by atoms with Gasteiger partial charge in [0.05, 0.1) is 5.49 Å². The molecule has 122 valence electrons. The number of primary amides is 1. The maximum Gasteiger partial charge on any atom is 0.266 e. The summed E-state index contributed by atoms with van der Waals surface area (Å²) in [6, 6.07) is 17.6. The highest BCUT2D eigenvalue weighted by Gasteiger charge is 2.26. The molecule has 2 amide bonds. The third kappa shape index (κ3) is 3.76. The van der Waals surface area contributed by atoms with Gasteiger partial charge >= 0.3 is 0 Å². The molecule has 0 atom stereocenters. The summed E-state index contributed by atoms with van der Waals surface area (Å²) in [5, 5.41) is 12.8. The third-order valence-corrected chi connectivity index (χ3v) is 3.25. The lowest BCUT2D eigenvalue weighted by molar-refractivity contribution is -0.121. The van der Waals surface area contributed by atoms with E-state index >= 15 is 0 Å². The zero-order valence-corrected chi connectivity index (χ0v) is 13.4. The lowest BCUT2D eigenvalue weighted by atomic mass is 10.2. The molecule has 7 heteroatoms. The van der Waals surface area contributed by atoms with Crippen LogP contribution in [0.25, 0.3) is 0 Å². The average molecular weight is 341 g/mol. The number of anilines is 2. The van der Waals surface area contributed by atoms with Crippen LogP contribution in [-0.2, 0) is 9.59 Å². The monoisotopic (exact) mass is 341 g/mol. The van der Waals surface area contributed by atoms with E-state index in [-0.39, 0.29) is 0 Å². The van der Waals surface area contributed by atoms with E-state index in [1.165, 1.54) is 4.90 Å². The SMILES string of the molecule is NC(=O)/C(C(=O)NC=S)=C(\O)N(c1ccccc1)c1ccccc1. The highest BCUT2D eigenvalue weighted by molar-refractivity contribution is 7.78. The molecule has 0 fully saturated rings. The van der Waals surface area contributed by atoms with Gasteiger partial charge < -0.3 is 16.2 Å². The van der Waals surface area contributed by atoms with Gasteiger partial charge in [-0.15, -0.1) is 0 Å². The number of thiocarbonyl (C=S) groups is 1. The topological polar surface area (TPSA) is 95.7 Å². The van der Waals surface area contributed by atoms with Crippen molar-refractivity contribution >= 4 is 40.9 Å². The fourth-order valence-corrected chi connectivity index (χ4v) is 2.22. The number of nitrogens with two attached hydrogens (primary N) is 1. The van der Waals surface area contributed by atoms with Crippen molar-refractivity contribution in [2.75, 3.05) is 4.90 Å². The molecule has 0 aliphatic carbocycles. The Kier molecular flexibility index (Phi) is 5.64. The molecule has 0 saturated carbocycles. The van der Waals surface area contributed by atoms with Crippen molar-refractivity contribution in [3.8, 4) is 0 Å². The van der Waals surface area contributed by atoms with Crippen molar-refractivity contribution in [1.29, 1.82) is 0 Å². The van der Waals surface area contributed by atoms with Crippen molar-refractivity contribution in [1.82, 2.24) is 5.32 Å². The quantitative estimate of drug-likeness (QED) is 0.246. The molecule has 2 aromatic carbocycles. The van der Waals surface area contributed by atoms with E-state index in [1.807, 2.05) is 0 Å². The number of hydrogen-bond acceptors (Lipinski definition) is 5. The highest BCUT2D eigenvalue weighted by Crippen LogP contribution is 2.29. The maximum atomic E-state index is 12.0. The van der Waals surface area contributed by atoms with E-state index in [4.69, 9.17) is 5.73 Å². The lowest BCUT2D eigenvalue weighted by Gasteiger charge is -2.25. The molecule has 24 heavy (non-hydrogen) atoms. The van der Waals surface area contributed by atoms with Gasteiger partial charge in [-0.05, 0) is 24.3 Å². The summed E-state index contributed by atoms with van der Waals surface area (Å²) in [4.78, 5) is 25.1. The second-order valence-corrected chi connectivity index (χ2v) is 4.90. The van der Waals surface area contributed by atoms with Crippen LogP contribution in [0.3, 0.4) is 0 Å². The molecule has 4 N–H and O–H groups in total. The number of carbonyl (C=O) groups excluding carboxylic acids is 2. The molecule has 2 rings (SSSR count). The van der Waals surface area contributed by atoms with Crippen molar-refractivity contribution in [2.45, 2.75) is 0 Å². The first-order chi connectivity index (χ1) is 11.6. The van der Waals surface area contributed by atoms with Gasteiger partial charge in [-0.3, -0.25) is 14.5 Å². The van der Waals surface area contributed by atoms with E-state index in [2.05, 4.69) is 17.5 Å². The molecule has 0 spiro atoms. The fourth-order valence-electron chi connectivity index (χ4n) is 2.11. The van der Waals surface area contributed by atoms with Crippen LogP contribution in [0.4, 0.5) is 11.4 Å². The summed E-state index contributed by atoms with van der Waals surface area (Å²) in [7, 11) is 0. The minimum atomic E-state index is -1.07. The molecule has 0 aliphatic rings. The van der Waals surface area contributed by atoms with E-state index in [9.17, 15) is 14.7 Å². The predicted molar refractivity (Wildman–Crippen MR) is 95.7 cm³/mol. The molecule has 0 saturated heterocycles. The number of nitrogens with one attached hydrogen (secondary N) is 1. The molecule has 2 aromatic rings. The van der Waals surface area contributed by atoms with Gasteiger partial charge in [-0.2, -0.15) is 0 Å². The maximum absolute atomic E-state index is 12.0. The first-order valence-electron chi connectivity index (χ1n) is 6.94. The molecular formula is C17H15N3O3S. The van der Waals surface area contributed by atoms with Crippen molar-refractivity contribution in [3.05, 3.63) is 72.1 Å². The Morgan fingerprint density at radius 1 is 1.00 bits per heavy atom. The zero-order chi connectivity index (χ0) is 17.5. The van der Waals surface area contributed by atoms with Gasteiger partial charge in [0.15, 0.2) is 5.57 Å². The van der Waals surface area contributed by atoms with Crippen LogP contribution in [0.2, 0.25) is 0 Å². The van der Waals surface area contributed by atoms with E-state index in [0.717, 1.165) is 5.49 Å². The Bertz CT molecular complexity index is 737. The van der Waals surface area contributed by atoms with Gasteiger partial charge in [0.2, 0.25) is 5.88 Å². The number of aliphatic hydroxyl groups excluding tert-OH is 1. The fraction of sp³-hybridized carbons (Fsp3) is 0. The summed E-state index contributed by atoms with van der Waals surface area (Å²) in [6.07, 6.45) is 0. The number of nitrogens with zero attached hydrogens (tertiary/aromatic N) is 1. The smallest absolute Gasteiger partial charge is 0.266 e. The summed E-state index contributed by atoms with van der Waals surface area (Å²) in [5.41, 5.74) is 6.72. The van der Waals surface area contributed by atoms with Gasteiger partial charge in [0.25, 0.3) is 11.8 Å². The molecular weight excluding hydrogens is 326 g/mol. The van der Waals surface area contributed by atoms with Crippen LogP contribution < -0.4 is 16.0 Å². The molecule has 0 heterocycles. The van der Waals surface area contributed by atoms with Gasteiger partial charge in [-0.1, -0.05) is 48.6 Å². The van der Waals surface area contributed by atoms with Crippen LogP contribution in [0.5, 0.6) is 0 Å². The molecule has 6 nitrogen and oxygen atoms in total. The Labute approximate surface area is 144 Å². The largest absolute Gasteiger partial charge is 0.493 e. The molecule has 0 unspecified atom stereocenters. The zero-order valence-electron chi connectivity index (χ0n) is 12.5. The van der Waals surface area contributed by atoms with Crippen LogP contribution in [0, 0.1) is 0 Å². The van der Waals surface area contributed by atoms with Gasteiger partial charge in [0.1, 0.15) is 0 Å². The van der Waals surface area contributed by atoms with E-state index in [1.54, 1.807) is 60.7 Å². The average Bonchev–Trinajstić information content (AvgIpc) is 2.57. The van der Waals surface area contributed by atoms with Crippen LogP contribution in [-0.4, -0.2) is 22.4 Å². The van der Waals surface area contributed by atoms with Crippen molar-refractivity contribution < 1.29 is 14.7 Å².